The molecule has 2 heterocycles. The second-order valence-corrected chi connectivity index (χ2v) is 7.63. The molecule has 2 saturated heterocycles. The highest BCUT2D eigenvalue weighted by molar-refractivity contribution is 7.59. The third kappa shape index (κ3) is 3.66. The maximum atomic E-state index is 14.6. The Bertz CT molecular complexity index is 655. The standard InChI is InChI=1S/C17H24BFN2O3.H2S/c1-16(2)17(3,4)24-18(23-16)13-6-5-12(9-14(13)19)21-8-7-11(10-21)15(20)22;/h5-6,9,11H,7-8,10H2,1-4H3,(H2,20,22);1H2/t11-;/m0./s1. The van der Waals surface area contributed by atoms with Crippen LogP contribution in [0.2, 0.25) is 0 Å². The predicted molar refractivity (Wildman–Crippen MR) is 102 cm³/mol. The van der Waals surface area contributed by atoms with Gasteiger partial charge >= 0.3 is 7.12 Å². The van der Waals surface area contributed by atoms with Crippen molar-refractivity contribution in [1.29, 1.82) is 0 Å². The summed E-state index contributed by atoms with van der Waals surface area (Å²) in [6.07, 6.45) is 0.704. The van der Waals surface area contributed by atoms with Crippen LogP contribution in [0.1, 0.15) is 34.1 Å². The maximum Gasteiger partial charge on any atom is 0.497 e. The smallest absolute Gasteiger partial charge is 0.399 e. The Morgan fingerprint density at radius 3 is 2.36 bits per heavy atom. The number of amides is 1. The van der Waals surface area contributed by atoms with Crippen molar-refractivity contribution in [3.05, 3.63) is 24.0 Å². The van der Waals surface area contributed by atoms with Crippen LogP contribution in [0.4, 0.5) is 10.1 Å². The summed E-state index contributed by atoms with van der Waals surface area (Å²) in [5.74, 6) is -0.837. The number of nitrogens with zero attached hydrogens (tertiary/aromatic N) is 1. The number of carbonyl (C=O) groups is 1. The first kappa shape index (κ1) is 20.1. The third-order valence-corrected chi connectivity index (χ3v) is 5.45. The van der Waals surface area contributed by atoms with E-state index in [1.165, 1.54) is 6.07 Å². The zero-order valence-corrected chi connectivity index (χ0v) is 16.1. The SMILES string of the molecule is CC1(C)OB(c2ccc(N3CC[C@H](C(N)=O)C3)cc2F)OC1(C)C.S. The summed E-state index contributed by atoms with van der Waals surface area (Å²) in [4.78, 5) is 13.3. The molecule has 1 amide bonds. The minimum atomic E-state index is -0.721. The summed E-state index contributed by atoms with van der Waals surface area (Å²) in [5, 5.41) is 0. The Kier molecular flexibility index (Phi) is 5.47. The van der Waals surface area contributed by atoms with Gasteiger partial charge in [-0.3, -0.25) is 4.79 Å². The highest BCUT2D eigenvalue weighted by Gasteiger charge is 2.52. The maximum absolute atomic E-state index is 14.6. The van der Waals surface area contributed by atoms with Crippen molar-refractivity contribution in [3.63, 3.8) is 0 Å². The number of halogens is 1. The molecule has 138 valence electrons. The zero-order chi connectivity index (χ0) is 17.7. The first-order valence-corrected chi connectivity index (χ1v) is 8.30. The largest absolute Gasteiger partial charge is 0.497 e. The zero-order valence-electron chi connectivity index (χ0n) is 15.1. The Morgan fingerprint density at radius 1 is 1.28 bits per heavy atom. The van der Waals surface area contributed by atoms with E-state index in [2.05, 4.69) is 0 Å². The van der Waals surface area contributed by atoms with Crippen molar-refractivity contribution in [2.45, 2.75) is 45.3 Å². The van der Waals surface area contributed by atoms with Gasteiger partial charge in [0.2, 0.25) is 5.91 Å². The number of hydrogen-bond donors (Lipinski definition) is 1. The molecular weight excluding hydrogens is 342 g/mol. The van der Waals surface area contributed by atoms with Gasteiger partial charge < -0.3 is 19.9 Å². The van der Waals surface area contributed by atoms with Gasteiger partial charge in [-0.25, -0.2) is 4.39 Å². The van der Waals surface area contributed by atoms with Crippen LogP contribution in [0.3, 0.4) is 0 Å². The van der Waals surface area contributed by atoms with Crippen LogP contribution in [0.25, 0.3) is 0 Å². The first-order chi connectivity index (χ1) is 11.1. The molecule has 0 saturated carbocycles. The summed E-state index contributed by atoms with van der Waals surface area (Å²) in [7, 11) is -0.721. The van der Waals surface area contributed by atoms with Crippen LogP contribution >= 0.6 is 13.5 Å². The van der Waals surface area contributed by atoms with Gasteiger partial charge in [0.1, 0.15) is 5.82 Å². The van der Waals surface area contributed by atoms with Crippen molar-refractivity contribution in [2.75, 3.05) is 18.0 Å². The lowest BCUT2D eigenvalue weighted by Gasteiger charge is -2.32. The normalized spacial score (nSPS) is 24.3. The number of carbonyl (C=O) groups excluding carboxylic acids is 1. The number of nitrogens with two attached hydrogens (primary N) is 1. The average molecular weight is 368 g/mol. The predicted octanol–water partition coefficient (Wildman–Crippen LogP) is 1.55. The average Bonchev–Trinajstić information content (AvgIpc) is 3.02. The van der Waals surface area contributed by atoms with Crippen LogP contribution < -0.4 is 16.1 Å². The summed E-state index contributed by atoms with van der Waals surface area (Å²) >= 11 is 0. The fourth-order valence-corrected chi connectivity index (χ4v) is 3.10. The molecule has 1 atom stereocenters. The van der Waals surface area contributed by atoms with Gasteiger partial charge in [0.15, 0.2) is 0 Å². The minimum Gasteiger partial charge on any atom is -0.399 e. The molecule has 0 unspecified atom stereocenters. The van der Waals surface area contributed by atoms with Gasteiger partial charge in [-0.05, 0) is 46.2 Å². The Hall–Kier alpha value is -1.25. The molecular formula is C17H26BFN2O3S. The number of hydrogen-bond acceptors (Lipinski definition) is 4. The summed E-state index contributed by atoms with van der Waals surface area (Å²) in [5.41, 5.74) is 5.48. The van der Waals surface area contributed by atoms with Gasteiger partial charge in [0.05, 0.1) is 17.1 Å². The highest BCUT2D eigenvalue weighted by Crippen LogP contribution is 2.37. The van der Waals surface area contributed by atoms with Crippen molar-refractivity contribution in [3.8, 4) is 0 Å². The molecule has 0 aliphatic carbocycles. The molecule has 0 spiro atoms. The first-order valence-electron chi connectivity index (χ1n) is 8.30. The Labute approximate surface area is 155 Å². The van der Waals surface area contributed by atoms with E-state index >= 15 is 0 Å². The molecule has 1 aromatic rings. The van der Waals surface area contributed by atoms with E-state index in [9.17, 15) is 9.18 Å². The second-order valence-electron chi connectivity index (χ2n) is 7.63. The van der Waals surface area contributed by atoms with E-state index in [4.69, 9.17) is 15.0 Å². The molecule has 2 fully saturated rings. The fraction of sp³-hybridized carbons (Fsp3) is 0.588. The minimum absolute atomic E-state index is 0. The quantitative estimate of drug-likeness (QED) is 0.823. The second kappa shape index (κ2) is 6.81. The number of rotatable bonds is 3. The molecule has 8 heteroatoms. The molecule has 1 aromatic carbocycles. The van der Waals surface area contributed by atoms with E-state index in [1.54, 1.807) is 6.07 Å². The Morgan fingerprint density at radius 2 is 1.88 bits per heavy atom. The van der Waals surface area contributed by atoms with Crippen LogP contribution in [0.5, 0.6) is 0 Å². The summed E-state index contributed by atoms with van der Waals surface area (Å²) < 4.78 is 26.5. The monoisotopic (exact) mass is 368 g/mol. The van der Waals surface area contributed by atoms with Crippen LogP contribution in [0, 0.1) is 11.7 Å². The molecule has 0 bridgehead atoms. The number of anilines is 1. The molecule has 0 aromatic heterocycles. The van der Waals surface area contributed by atoms with E-state index in [0.717, 1.165) is 5.69 Å². The lowest BCUT2D eigenvalue weighted by molar-refractivity contribution is -0.121. The van der Waals surface area contributed by atoms with Gasteiger partial charge in [-0.2, -0.15) is 13.5 Å². The van der Waals surface area contributed by atoms with Crippen LogP contribution in [0.15, 0.2) is 18.2 Å². The van der Waals surface area contributed by atoms with E-state index < -0.39 is 18.3 Å². The third-order valence-electron chi connectivity index (χ3n) is 5.45. The van der Waals surface area contributed by atoms with Crippen molar-refractivity contribution < 1.29 is 18.5 Å². The highest BCUT2D eigenvalue weighted by atomic mass is 32.1. The van der Waals surface area contributed by atoms with Crippen LogP contribution in [-0.4, -0.2) is 37.3 Å². The van der Waals surface area contributed by atoms with Gasteiger partial charge in [-0.15, -0.1) is 0 Å². The van der Waals surface area contributed by atoms with Gasteiger partial charge in [0.25, 0.3) is 0 Å². The van der Waals surface area contributed by atoms with Gasteiger partial charge in [0, 0.05) is 24.2 Å². The Balaban J connectivity index is 0.00000225. The molecule has 2 N–H and O–H groups in total. The topological polar surface area (TPSA) is 64.8 Å². The van der Waals surface area contributed by atoms with Gasteiger partial charge in [-0.1, -0.05) is 6.07 Å². The van der Waals surface area contributed by atoms with E-state index in [-0.39, 0.29) is 31.1 Å². The van der Waals surface area contributed by atoms with Crippen molar-refractivity contribution >= 4 is 37.7 Å². The lowest BCUT2D eigenvalue weighted by Crippen LogP contribution is -2.41. The van der Waals surface area contributed by atoms with Crippen molar-refractivity contribution in [1.82, 2.24) is 0 Å². The lowest BCUT2D eigenvalue weighted by atomic mass is 9.78. The molecule has 0 radical (unpaired) electrons. The molecule has 2 aliphatic rings. The van der Waals surface area contributed by atoms with Crippen molar-refractivity contribution in [2.24, 2.45) is 11.7 Å². The molecule has 2 aliphatic heterocycles. The molecule has 5 nitrogen and oxygen atoms in total. The molecule has 3 rings (SSSR count). The van der Waals surface area contributed by atoms with Crippen LogP contribution in [-0.2, 0) is 14.1 Å². The number of primary amides is 1. The van der Waals surface area contributed by atoms with E-state index in [0.29, 0.717) is 25.0 Å². The number of benzene rings is 1. The summed E-state index contributed by atoms with van der Waals surface area (Å²) in [6.45, 7) is 8.98. The summed E-state index contributed by atoms with van der Waals surface area (Å²) in [6, 6.07) is 5.01. The van der Waals surface area contributed by atoms with E-state index in [1.807, 2.05) is 38.7 Å². The molecule has 25 heavy (non-hydrogen) atoms. The fourth-order valence-electron chi connectivity index (χ4n) is 3.10.